The van der Waals surface area contributed by atoms with Crippen LogP contribution < -0.4 is 5.32 Å². The highest BCUT2D eigenvalue weighted by Gasteiger charge is 2.36. The van der Waals surface area contributed by atoms with Gasteiger partial charge < -0.3 is 5.32 Å². The van der Waals surface area contributed by atoms with Gasteiger partial charge in [0.25, 0.3) is 0 Å². The standard InChI is InChI=1S/C11H17F2N3S/c1-14-7-4-9-15-16-10(17-9)8-2-5-11(12,13)6-3-8/h8,14H,2-7H2,1H3. The highest BCUT2D eigenvalue weighted by molar-refractivity contribution is 7.11. The van der Waals surface area contributed by atoms with Crippen LogP contribution in [0.4, 0.5) is 8.78 Å². The molecule has 1 saturated carbocycles. The lowest BCUT2D eigenvalue weighted by Crippen LogP contribution is -2.23. The average Bonchev–Trinajstić information content (AvgIpc) is 2.75. The summed E-state index contributed by atoms with van der Waals surface area (Å²) in [5.74, 6) is -2.27. The summed E-state index contributed by atoms with van der Waals surface area (Å²) in [4.78, 5) is 0. The minimum absolute atomic E-state index is 0.0108. The first-order valence-electron chi connectivity index (χ1n) is 5.95. The summed E-state index contributed by atoms with van der Waals surface area (Å²) in [6.07, 6.45) is 1.91. The molecule has 6 heteroatoms. The molecule has 17 heavy (non-hydrogen) atoms. The predicted molar refractivity (Wildman–Crippen MR) is 63.7 cm³/mol. The molecule has 0 amide bonds. The number of likely N-dealkylation sites (N-methyl/N-ethyl adjacent to an activating group) is 1. The van der Waals surface area contributed by atoms with Crippen LogP contribution in [0.2, 0.25) is 0 Å². The molecule has 2 rings (SSSR count). The minimum atomic E-state index is -2.46. The predicted octanol–water partition coefficient (Wildman–Crippen LogP) is 2.59. The molecule has 0 spiro atoms. The Kier molecular flexibility index (Phi) is 4.04. The summed E-state index contributed by atoms with van der Waals surface area (Å²) in [5.41, 5.74) is 0. The van der Waals surface area contributed by atoms with Gasteiger partial charge in [-0.05, 0) is 19.9 Å². The highest BCUT2D eigenvalue weighted by Crippen LogP contribution is 2.41. The average molecular weight is 261 g/mol. The number of nitrogens with zero attached hydrogens (tertiary/aromatic N) is 2. The number of alkyl halides is 2. The van der Waals surface area contributed by atoms with Crippen LogP contribution in [0.15, 0.2) is 0 Å². The van der Waals surface area contributed by atoms with Crippen LogP contribution in [0.1, 0.15) is 41.6 Å². The Hall–Kier alpha value is -0.620. The van der Waals surface area contributed by atoms with E-state index in [2.05, 4.69) is 15.5 Å². The molecule has 0 atom stereocenters. The molecule has 1 heterocycles. The molecular weight excluding hydrogens is 244 g/mol. The van der Waals surface area contributed by atoms with Gasteiger partial charge in [-0.25, -0.2) is 8.78 Å². The maximum absolute atomic E-state index is 13.0. The van der Waals surface area contributed by atoms with E-state index in [1.54, 1.807) is 11.3 Å². The number of rotatable bonds is 4. The van der Waals surface area contributed by atoms with E-state index in [-0.39, 0.29) is 18.8 Å². The second-order valence-electron chi connectivity index (χ2n) is 4.52. The Labute approximate surface area is 104 Å². The van der Waals surface area contributed by atoms with Crippen LogP contribution >= 0.6 is 11.3 Å². The molecule has 0 radical (unpaired) electrons. The van der Waals surface area contributed by atoms with Crippen molar-refractivity contribution in [3.63, 3.8) is 0 Å². The lowest BCUT2D eigenvalue weighted by molar-refractivity contribution is -0.0382. The Morgan fingerprint density at radius 3 is 2.71 bits per heavy atom. The number of aromatic nitrogens is 2. The molecule has 0 aromatic carbocycles. The molecule has 0 saturated heterocycles. The normalized spacial score (nSPS) is 20.6. The molecule has 0 bridgehead atoms. The van der Waals surface area contributed by atoms with Gasteiger partial charge in [-0.1, -0.05) is 0 Å². The summed E-state index contributed by atoms with van der Waals surface area (Å²) < 4.78 is 26.0. The van der Waals surface area contributed by atoms with Gasteiger partial charge in [-0.15, -0.1) is 21.5 Å². The van der Waals surface area contributed by atoms with Gasteiger partial charge in [0.05, 0.1) is 0 Å². The number of halogens is 2. The molecule has 1 aromatic heterocycles. The third kappa shape index (κ3) is 3.42. The fourth-order valence-electron chi connectivity index (χ4n) is 2.05. The van der Waals surface area contributed by atoms with Crippen molar-refractivity contribution in [2.45, 2.75) is 43.9 Å². The molecule has 1 N–H and O–H groups in total. The van der Waals surface area contributed by atoms with Gasteiger partial charge in [0, 0.05) is 31.7 Å². The summed E-state index contributed by atoms with van der Waals surface area (Å²) in [7, 11) is 1.89. The molecule has 0 aliphatic heterocycles. The Morgan fingerprint density at radius 1 is 1.35 bits per heavy atom. The zero-order chi connectivity index (χ0) is 12.3. The van der Waals surface area contributed by atoms with Crippen LogP contribution in [-0.2, 0) is 6.42 Å². The van der Waals surface area contributed by atoms with Gasteiger partial charge in [-0.2, -0.15) is 0 Å². The first-order valence-corrected chi connectivity index (χ1v) is 6.77. The van der Waals surface area contributed by atoms with E-state index in [1.165, 1.54) is 0 Å². The summed E-state index contributed by atoms with van der Waals surface area (Å²) >= 11 is 1.57. The van der Waals surface area contributed by atoms with E-state index in [0.717, 1.165) is 23.0 Å². The Balaban J connectivity index is 1.92. The van der Waals surface area contributed by atoms with E-state index in [1.807, 2.05) is 7.05 Å². The molecule has 1 aliphatic carbocycles. The monoisotopic (exact) mass is 261 g/mol. The molecule has 3 nitrogen and oxygen atoms in total. The van der Waals surface area contributed by atoms with E-state index < -0.39 is 5.92 Å². The zero-order valence-electron chi connectivity index (χ0n) is 9.88. The van der Waals surface area contributed by atoms with Crippen LogP contribution in [0.5, 0.6) is 0 Å². The van der Waals surface area contributed by atoms with Crippen molar-refractivity contribution in [3.8, 4) is 0 Å². The summed E-state index contributed by atoms with van der Waals surface area (Å²) in [5, 5.41) is 13.2. The largest absolute Gasteiger partial charge is 0.319 e. The zero-order valence-corrected chi connectivity index (χ0v) is 10.7. The topological polar surface area (TPSA) is 37.8 Å². The maximum Gasteiger partial charge on any atom is 0.248 e. The van der Waals surface area contributed by atoms with Crippen molar-refractivity contribution in [1.82, 2.24) is 15.5 Å². The van der Waals surface area contributed by atoms with Crippen LogP contribution in [0.25, 0.3) is 0 Å². The number of hydrogen-bond donors (Lipinski definition) is 1. The Bertz CT molecular complexity index is 357. The van der Waals surface area contributed by atoms with Crippen molar-refractivity contribution in [1.29, 1.82) is 0 Å². The van der Waals surface area contributed by atoms with Crippen LogP contribution in [-0.4, -0.2) is 29.7 Å². The third-order valence-electron chi connectivity index (χ3n) is 3.14. The van der Waals surface area contributed by atoms with Crippen molar-refractivity contribution < 1.29 is 8.78 Å². The quantitative estimate of drug-likeness (QED) is 0.905. The molecule has 1 fully saturated rings. The lowest BCUT2D eigenvalue weighted by Gasteiger charge is -2.26. The summed E-state index contributed by atoms with van der Waals surface area (Å²) in [6.45, 7) is 0.872. The van der Waals surface area contributed by atoms with Crippen LogP contribution in [0, 0.1) is 0 Å². The van der Waals surface area contributed by atoms with E-state index >= 15 is 0 Å². The van der Waals surface area contributed by atoms with Crippen molar-refractivity contribution in [3.05, 3.63) is 10.0 Å². The Morgan fingerprint density at radius 2 is 2.06 bits per heavy atom. The van der Waals surface area contributed by atoms with Gasteiger partial charge in [0.15, 0.2) is 0 Å². The first kappa shape index (κ1) is 12.8. The van der Waals surface area contributed by atoms with Crippen molar-refractivity contribution >= 4 is 11.3 Å². The molecule has 1 aromatic rings. The molecule has 96 valence electrons. The second-order valence-corrected chi connectivity index (χ2v) is 5.61. The SMILES string of the molecule is CNCCc1nnc(C2CCC(F)(F)CC2)s1. The molecule has 0 unspecified atom stereocenters. The van der Waals surface area contributed by atoms with E-state index in [0.29, 0.717) is 12.8 Å². The highest BCUT2D eigenvalue weighted by atomic mass is 32.1. The maximum atomic E-state index is 13.0. The van der Waals surface area contributed by atoms with Gasteiger partial charge in [0.1, 0.15) is 10.0 Å². The minimum Gasteiger partial charge on any atom is -0.319 e. The van der Waals surface area contributed by atoms with Gasteiger partial charge >= 0.3 is 0 Å². The van der Waals surface area contributed by atoms with Crippen LogP contribution in [0.3, 0.4) is 0 Å². The second kappa shape index (κ2) is 5.35. The van der Waals surface area contributed by atoms with Gasteiger partial charge in [-0.3, -0.25) is 0 Å². The smallest absolute Gasteiger partial charge is 0.248 e. The third-order valence-corrected chi connectivity index (χ3v) is 4.28. The fraction of sp³-hybridized carbons (Fsp3) is 0.818. The number of nitrogens with one attached hydrogen (secondary N) is 1. The lowest BCUT2D eigenvalue weighted by atomic mass is 9.87. The number of hydrogen-bond acceptors (Lipinski definition) is 4. The fourth-order valence-corrected chi connectivity index (χ4v) is 3.06. The van der Waals surface area contributed by atoms with Gasteiger partial charge in [0.2, 0.25) is 5.92 Å². The molecule has 1 aliphatic rings. The molecular formula is C11H17F2N3S. The van der Waals surface area contributed by atoms with Crippen molar-refractivity contribution in [2.75, 3.05) is 13.6 Å². The van der Waals surface area contributed by atoms with E-state index in [4.69, 9.17) is 0 Å². The van der Waals surface area contributed by atoms with Crippen molar-refractivity contribution in [2.24, 2.45) is 0 Å². The van der Waals surface area contributed by atoms with E-state index in [9.17, 15) is 8.78 Å². The first-order chi connectivity index (χ1) is 8.11. The summed E-state index contributed by atoms with van der Waals surface area (Å²) in [6, 6.07) is 0.